The van der Waals surface area contributed by atoms with E-state index in [9.17, 15) is 10.2 Å². The first-order chi connectivity index (χ1) is 10.4. The number of aliphatic hydroxyl groups is 2. The molecular formula is C19H27NO2. The summed E-state index contributed by atoms with van der Waals surface area (Å²) in [6, 6.07) is 0. The van der Waals surface area contributed by atoms with Crippen LogP contribution in [0, 0.1) is 28.6 Å². The Bertz CT molecular complexity index is 592. The van der Waals surface area contributed by atoms with Crippen molar-refractivity contribution in [2.24, 2.45) is 34.3 Å². The van der Waals surface area contributed by atoms with Gasteiger partial charge in [0.15, 0.2) is 0 Å². The average Bonchev–Trinajstić information content (AvgIpc) is 2.77. The molecule has 120 valence electrons. The van der Waals surface area contributed by atoms with Gasteiger partial charge in [0.25, 0.3) is 0 Å². The monoisotopic (exact) mass is 301 g/mol. The van der Waals surface area contributed by atoms with E-state index in [1.165, 1.54) is 5.57 Å². The van der Waals surface area contributed by atoms with Gasteiger partial charge in [-0.3, -0.25) is 0 Å². The molecule has 4 aliphatic carbocycles. The number of fused-ring (bicyclic) bond motifs is 5. The molecule has 0 saturated heterocycles. The van der Waals surface area contributed by atoms with Crippen molar-refractivity contribution in [3.63, 3.8) is 0 Å². The normalized spacial score (nSPS) is 53.2. The molecule has 4 N–H and O–H groups in total. The standard InChI is InChI=1S/C19H27NO2/c1-18-7-5-12(21)9-11(18)10-15(22)17-13-3-4-16(20)19(13,2)8-6-14(17)18/h4-5,7,9,12-15,17,21-22H,3,6,8,10,20H2,1-2H3/t12-,13-,14-,15-,17-,18-,19-/m0/s1. The number of aliphatic hydroxyl groups excluding tert-OH is 2. The largest absolute Gasteiger partial charge is 0.402 e. The predicted octanol–water partition coefficient (Wildman–Crippen LogP) is 2.51. The van der Waals surface area contributed by atoms with E-state index in [0.29, 0.717) is 24.2 Å². The van der Waals surface area contributed by atoms with Crippen molar-refractivity contribution in [2.75, 3.05) is 0 Å². The summed E-state index contributed by atoms with van der Waals surface area (Å²) in [6.07, 6.45) is 11.3. The Labute approximate surface area is 132 Å². The molecule has 0 heterocycles. The summed E-state index contributed by atoms with van der Waals surface area (Å²) >= 11 is 0. The van der Waals surface area contributed by atoms with Gasteiger partial charge in [0, 0.05) is 16.5 Å². The van der Waals surface area contributed by atoms with Crippen LogP contribution in [-0.2, 0) is 0 Å². The predicted molar refractivity (Wildman–Crippen MR) is 86.7 cm³/mol. The van der Waals surface area contributed by atoms with Crippen LogP contribution >= 0.6 is 0 Å². The maximum absolute atomic E-state index is 10.9. The topological polar surface area (TPSA) is 66.5 Å². The molecule has 0 unspecified atom stereocenters. The summed E-state index contributed by atoms with van der Waals surface area (Å²) in [6.45, 7) is 4.58. The van der Waals surface area contributed by atoms with E-state index in [4.69, 9.17) is 5.73 Å². The molecular weight excluding hydrogens is 274 g/mol. The minimum Gasteiger partial charge on any atom is -0.402 e. The number of hydrogen-bond donors (Lipinski definition) is 3. The zero-order valence-corrected chi connectivity index (χ0v) is 13.5. The first kappa shape index (κ1) is 14.5. The van der Waals surface area contributed by atoms with E-state index in [0.717, 1.165) is 25.0 Å². The van der Waals surface area contributed by atoms with E-state index < -0.39 is 6.10 Å². The number of nitrogens with two attached hydrogens (primary N) is 1. The van der Waals surface area contributed by atoms with E-state index in [1.54, 1.807) is 0 Å². The molecule has 0 radical (unpaired) electrons. The molecule has 0 amide bonds. The van der Waals surface area contributed by atoms with Crippen molar-refractivity contribution in [1.29, 1.82) is 0 Å². The molecule has 4 aliphatic rings. The molecule has 4 rings (SSSR count). The van der Waals surface area contributed by atoms with Crippen LogP contribution in [0.25, 0.3) is 0 Å². The Morgan fingerprint density at radius 3 is 2.77 bits per heavy atom. The fourth-order valence-electron chi connectivity index (χ4n) is 5.89. The smallest absolute Gasteiger partial charge is 0.0905 e. The molecule has 0 aromatic heterocycles. The third-order valence-electron chi connectivity index (χ3n) is 7.32. The van der Waals surface area contributed by atoms with Gasteiger partial charge in [-0.25, -0.2) is 0 Å². The number of hydrogen-bond acceptors (Lipinski definition) is 3. The molecule has 3 nitrogen and oxygen atoms in total. The van der Waals surface area contributed by atoms with E-state index >= 15 is 0 Å². The van der Waals surface area contributed by atoms with Gasteiger partial charge in [-0.15, -0.1) is 0 Å². The highest BCUT2D eigenvalue weighted by Gasteiger charge is 2.58. The van der Waals surface area contributed by atoms with Crippen molar-refractivity contribution >= 4 is 0 Å². The zero-order valence-electron chi connectivity index (χ0n) is 13.5. The van der Waals surface area contributed by atoms with Gasteiger partial charge < -0.3 is 15.9 Å². The molecule has 0 aromatic carbocycles. The highest BCUT2D eigenvalue weighted by atomic mass is 16.3. The molecule has 7 atom stereocenters. The summed E-state index contributed by atoms with van der Waals surface area (Å²) in [5.41, 5.74) is 8.60. The van der Waals surface area contributed by atoms with Crippen LogP contribution in [-0.4, -0.2) is 22.4 Å². The van der Waals surface area contributed by atoms with Crippen LogP contribution < -0.4 is 5.73 Å². The lowest BCUT2D eigenvalue weighted by Gasteiger charge is -2.58. The highest BCUT2D eigenvalue weighted by Crippen LogP contribution is 2.63. The Balaban J connectivity index is 1.74. The second-order valence-corrected chi connectivity index (χ2v) is 8.24. The quantitative estimate of drug-likeness (QED) is 0.602. The summed E-state index contributed by atoms with van der Waals surface area (Å²) in [4.78, 5) is 0. The molecule has 0 aliphatic heterocycles. The fraction of sp³-hybridized carbons (Fsp3) is 0.684. The van der Waals surface area contributed by atoms with Gasteiger partial charge in [-0.05, 0) is 43.4 Å². The third kappa shape index (κ3) is 1.70. The molecule has 0 spiro atoms. The SMILES string of the molecule is C[C@]12C=C[C@H](O)C=C1C[C@H](O)[C@@H]1[C@@H]2CC[C@]2(C)C(N)=CC[C@@H]12. The second-order valence-electron chi connectivity index (χ2n) is 8.24. The summed E-state index contributed by atoms with van der Waals surface area (Å²) in [5.74, 6) is 1.21. The first-order valence-corrected chi connectivity index (χ1v) is 8.59. The first-order valence-electron chi connectivity index (χ1n) is 8.59. The van der Waals surface area contributed by atoms with Gasteiger partial charge >= 0.3 is 0 Å². The third-order valence-corrected chi connectivity index (χ3v) is 7.32. The van der Waals surface area contributed by atoms with Crippen LogP contribution in [0.1, 0.15) is 39.5 Å². The summed E-state index contributed by atoms with van der Waals surface area (Å²) in [5, 5.41) is 20.8. The Kier molecular flexibility index (Phi) is 2.96. The fourth-order valence-corrected chi connectivity index (χ4v) is 5.89. The summed E-state index contributed by atoms with van der Waals surface area (Å²) in [7, 11) is 0. The molecule has 0 bridgehead atoms. The van der Waals surface area contributed by atoms with Gasteiger partial charge in [0.2, 0.25) is 0 Å². The van der Waals surface area contributed by atoms with Crippen molar-refractivity contribution in [2.45, 2.75) is 51.7 Å². The number of allylic oxidation sites excluding steroid dienone is 3. The lowest BCUT2D eigenvalue weighted by Crippen LogP contribution is -2.54. The van der Waals surface area contributed by atoms with E-state index in [1.807, 2.05) is 12.2 Å². The van der Waals surface area contributed by atoms with Gasteiger partial charge in [0.05, 0.1) is 12.2 Å². The van der Waals surface area contributed by atoms with Gasteiger partial charge in [0.1, 0.15) is 0 Å². The number of rotatable bonds is 0. The van der Waals surface area contributed by atoms with Gasteiger partial charge in [-0.1, -0.05) is 43.7 Å². The lowest BCUT2D eigenvalue weighted by atomic mass is 9.47. The van der Waals surface area contributed by atoms with Crippen LogP contribution in [0.4, 0.5) is 0 Å². The Morgan fingerprint density at radius 1 is 1.23 bits per heavy atom. The van der Waals surface area contributed by atoms with Crippen molar-refractivity contribution in [3.05, 3.63) is 35.6 Å². The maximum Gasteiger partial charge on any atom is 0.0905 e. The minimum atomic E-state index is -0.496. The Hall–Kier alpha value is -1.06. The average molecular weight is 301 g/mol. The van der Waals surface area contributed by atoms with Crippen molar-refractivity contribution in [1.82, 2.24) is 0 Å². The second kappa shape index (κ2) is 4.48. The van der Waals surface area contributed by atoms with E-state index in [-0.39, 0.29) is 16.9 Å². The highest BCUT2D eigenvalue weighted by molar-refractivity contribution is 5.36. The molecule has 2 fully saturated rings. The van der Waals surface area contributed by atoms with Crippen LogP contribution in [0.5, 0.6) is 0 Å². The molecule has 3 heteroatoms. The van der Waals surface area contributed by atoms with Crippen LogP contribution in [0.3, 0.4) is 0 Å². The van der Waals surface area contributed by atoms with Crippen molar-refractivity contribution in [3.8, 4) is 0 Å². The Morgan fingerprint density at radius 2 is 2.00 bits per heavy atom. The van der Waals surface area contributed by atoms with Crippen molar-refractivity contribution < 1.29 is 10.2 Å². The van der Waals surface area contributed by atoms with Crippen LogP contribution in [0.2, 0.25) is 0 Å². The molecule has 0 aromatic rings. The zero-order chi connectivity index (χ0) is 15.7. The molecule has 2 saturated carbocycles. The minimum absolute atomic E-state index is 0.0121. The summed E-state index contributed by atoms with van der Waals surface area (Å²) < 4.78 is 0. The van der Waals surface area contributed by atoms with Crippen LogP contribution in [0.15, 0.2) is 35.6 Å². The van der Waals surface area contributed by atoms with E-state index in [2.05, 4.69) is 26.0 Å². The maximum atomic E-state index is 10.9. The lowest BCUT2D eigenvalue weighted by molar-refractivity contribution is -0.0807. The molecule has 22 heavy (non-hydrogen) atoms. The van der Waals surface area contributed by atoms with Gasteiger partial charge in [-0.2, -0.15) is 0 Å².